The molecule has 6 heteroatoms. The van der Waals surface area contributed by atoms with Gasteiger partial charge >= 0.3 is 0 Å². The first-order chi connectivity index (χ1) is 6.22. The van der Waals surface area contributed by atoms with E-state index in [-0.39, 0.29) is 11.5 Å². The van der Waals surface area contributed by atoms with Crippen LogP contribution in [0.15, 0.2) is 17.1 Å². The Morgan fingerprint density at radius 2 is 2.46 bits per heavy atom. The fraction of sp³-hybridized carbons (Fsp3) is 0.143. The standard InChI is InChI=1S/C7H9N5O/c1-9-12-3-2-4-5(12)10-7(8)11-6(4)13/h2-3,9H,1H3,(H3,8,10,11,13). The Labute approximate surface area is 73.4 Å². The highest BCUT2D eigenvalue weighted by molar-refractivity contribution is 5.76. The topological polar surface area (TPSA) is 88.7 Å². The summed E-state index contributed by atoms with van der Waals surface area (Å²) < 4.78 is 1.63. The van der Waals surface area contributed by atoms with Crippen LogP contribution in [0.2, 0.25) is 0 Å². The summed E-state index contributed by atoms with van der Waals surface area (Å²) in [6.07, 6.45) is 1.71. The molecule has 0 saturated carbocycles. The van der Waals surface area contributed by atoms with Crippen LogP contribution in [-0.4, -0.2) is 21.7 Å². The van der Waals surface area contributed by atoms with Crippen molar-refractivity contribution in [2.45, 2.75) is 0 Å². The van der Waals surface area contributed by atoms with Crippen LogP contribution in [0.25, 0.3) is 11.0 Å². The van der Waals surface area contributed by atoms with Gasteiger partial charge in [-0.05, 0) is 6.07 Å². The maximum absolute atomic E-state index is 11.3. The van der Waals surface area contributed by atoms with Crippen LogP contribution in [-0.2, 0) is 0 Å². The van der Waals surface area contributed by atoms with Crippen LogP contribution >= 0.6 is 0 Å². The predicted octanol–water partition coefficient (Wildman–Crippen LogP) is -0.520. The molecule has 4 N–H and O–H groups in total. The summed E-state index contributed by atoms with van der Waals surface area (Å²) in [6, 6.07) is 1.68. The van der Waals surface area contributed by atoms with Gasteiger partial charge in [-0.1, -0.05) is 0 Å². The molecule has 2 heterocycles. The van der Waals surface area contributed by atoms with E-state index in [1.165, 1.54) is 0 Å². The Bertz CT molecular complexity index is 497. The van der Waals surface area contributed by atoms with Crippen molar-refractivity contribution in [3.63, 3.8) is 0 Å². The molecule has 6 nitrogen and oxygen atoms in total. The Hall–Kier alpha value is -1.98. The predicted molar refractivity (Wildman–Crippen MR) is 50.1 cm³/mol. The van der Waals surface area contributed by atoms with Crippen LogP contribution in [0.5, 0.6) is 0 Å². The van der Waals surface area contributed by atoms with Crippen molar-refractivity contribution in [1.29, 1.82) is 0 Å². The van der Waals surface area contributed by atoms with Gasteiger partial charge in [0, 0.05) is 13.2 Å². The molecular weight excluding hydrogens is 170 g/mol. The van der Waals surface area contributed by atoms with Crippen molar-refractivity contribution in [3.8, 4) is 0 Å². The number of hydrogen-bond acceptors (Lipinski definition) is 4. The Morgan fingerprint density at radius 3 is 3.15 bits per heavy atom. The van der Waals surface area contributed by atoms with E-state index in [1.807, 2.05) is 0 Å². The van der Waals surface area contributed by atoms with Crippen molar-refractivity contribution in [2.75, 3.05) is 18.2 Å². The summed E-state index contributed by atoms with van der Waals surface area (Å²) in [5.41, 5.74) is 8.56. The minimum absolute atomic E-state index is 0.118. The van der Waals surface area contributed by atoms with Crippen LogP contribution in [0.1, 0.15) is 0 Å². The van der Waals surface area contributed by atoms with Gasteiger partial charge in [-0.2, -0.15) is 4.98 Å². The van der Waals surface area contributed by atoms with Gasteiger partial charge in [0.15, 0.2) is 5.65 Å². The molecule has 0 aromatic carbocycles. The first kappa shape index (κ1) is 7.66. The number of aromatic amines is 1. The fourth-order valence-electron chi connectivity index (χ4n) is 1.22. The number of hydrogen-bond donors (Lipinski definition) is 3. The summed E-state index contributed by atoms with van der Waals surface area (Å²) in [5, 5.41) is 0.517. The van der Waals surface area contributed by atoms with Crippen LogP contribution in [0.3, 0.4) is 0 Å². The largest absolute Gasteiger partial charge is 0.369 e. The normalized spacial score (nSPS) is 10.5. The van der Waals surface area contributed by atoms with Gasteiger partial charge in [0.25, 0.3) is 5.56 Å². The Kier molecular flexibility index (Phi) is 1.48. The molecule has 0 fully saturated rings. The first-order valence-corrected chi connectivity index (χ1v) is 3.77. The number of anilines is 1. The molecular formula is C7H9N5O. The van der Waals surface area contributed by atoms with Crippen molar-refractivity contribution in [1.82, 2.24) is 14.6 Å². The molecule has 2 aromatic heterocycles. The van der Waals surface area contributed by atoms with E-state index in [0.717, 1.165) is 0 Å². The number of nitrogens with two attached hydrogens (primary N) is 1. The number of fused-ring (bicyclic) bond motifs is 1. The zero-order valence-electron chi connectivity index (χ0n) is 7.03. The molecule has 0 saturated heterocycles. The third-order valence-electron chi connectivity index (χ3n) is 1.81. The number of nitrogen functional groups attached to an aromatic ring is 1. The van der Waals surface area contributed by atoms with E-state index in [4.69, 9.17) is 5.73 Å². The van der Waals surface area contributed by atoms with Crippen molar-refractivity contribution in [2.24, 2.45) is 0 Å². The summed E-state index contributed by atoms with van der Waals surface area (Å²) in [7, 11) is 1.73. The second-order valence-electron chi connectivity index (χ2n) is 2.60. The number of nitrogens with one attached hydrogen (secondary N) is 2. The van der Waals surface area contributed by atoms with Gasteiger partial charge in [0.2, 0.25) is 5.95 Å². The molecule has 0 aliphatic carbocycles. The van der Waals surface area contributed by atoms with Crippen LogP contribution in [0.4, 0.5) is 5.95 Å². The maximum Gasteiger partial charge on any atom is 0.261 e. The Balaban J connectivity index is 2.90. The molecule has 0 aliphatic rings. The van der Waals surface area contributed by atoms with E-state index in [0.29, 0.717) is 11.0 Å². The number of rotatable bonds is 1. The second kappa shape index (κ2) is 2.51. The highest BCUT2D eigenvalue weighted by Crippen LogP contribution is 2.06. The average Bonchev–Trinajstić information content (AvgIpc) is 2.47. The summed E-state index contributed by atoms with van der Waals surface area (Å²) >= 11 is 0. The maximum atomic E-state index is 11.3. The number of H-pyrrole nitrogens is 1. The molecule has 13 heavy (non-hydrogen) atoms. The second-order valence-corrected chi connectivity index (χ2v) is 2.60. The molecule has 0 amide bonds. The van der Waals surface area contributed by atoms with Crippen molar-refractivity contribution >= 4 is 17.0 Å². The average molecular weight is 179 g/mol. The van der Waals surface area contributed by atoms with E-state index in [2.05, 4.69) is 15.4 Å². The quantitative estimate of drug-likeness (QED) is 0.549. The van der Waals surface area contributed by atoms with Crippen LogP contribution < -0.4 is 16.7 Å². The van der Waals surface area contributed by atoms with Gasteiger partial charge in [0.05, 0.1) is 5.39 Å². The van der Waals surface area contributed by atoms with E-state index in [9.17, 15) is 4.79 Å². The van der Waals surface area contributed by atoms with E-state index in [1.54, 1.807) is 24.0 Å². The van der Waals surface area contributed by atoms with Gasteiger partial charge in [-0.15, -0.1) is 0 Å². The smallest absolute Gasteiger partial charge is 0.261 e. The minimum atomic E-state index is -0.225. The SMILES string of the molecule is CNn1ccc2c(=O)[nH]c(N)nc21. The van der Waals surface area contributed by atoms with Crippen LogP contribution in [0, 0.1) is 0 Å². The Morgan fingerprint density at radius 1 is 1.69 bits per heavy atom. The zero-order chi connectivity index (χ0) is 9.42. The number of aromatic nitrogens is 3. The molecule has 0 unspecified atom stereocenters. The van der Waals surface area contributed by atoms with Gasteiger partial charge in [0.1, 0.15) is 0 Å². The summed E-state index contributed by atoms with van der Waals surface area (Å²) in [5.74, 6) is 0.118. The third-order valence-corrected chi connectivity index (χ3v) is 1.81. The highest BCUT2D eigenvalue weighted by Gasteiger charge is 2.05. The fourth-order valence-corrected chi connectivity index (χ4v) is 1.22. The molecule has 0 aliphatic heterocycles. The number of nitrogens with zero attached hydrogens (tertiary/aromatic N) is 2. The van der Waals surface area contributed by atoms with E-state index < -0.39 is 0 Å². The molecule has 0 radical (unpaired) electrons. The van der Waals surface area contributed by atoms with Crippen molar-refractivity contribution < 1.29 is 0 Å². The lowest BCUT2D eigenvalue weighted by molar-refractivity contribution is 0.952. The lowest BCUT2D eigenvalue weighted by Crippen LogP contribution is -2.14. The lowest BCUT2D eigenvalue weighted by atomic mass is 10.4. The monoisotopic (exact) mass is 179 g/mol. The third kappa shape index (κ3) is 1.03. The minimum Gasteiger partial charge on any atom is -0.369 e. The van der Waals surface area contributed by atoms with Gasteiger partial charge in [-0.25, -0.2) is 4.68 Å². The zero-order valence-corrected chi connectivity index (χ0v) is 7.03. The van der Waals surface area contributed by atoms with Gasteiger partial charge < -0.3 is 11.2 Å². The lowest BCUT2D eigenvalue weighted by Gasteiger charge is -2.01. The molecule has 2 aromatic rings. The molecule has 0 spiro atoms. The summed E-state index contributed by atoms with van der Waals surface area (Å²) in [4.78, 5) is 17.7. The molecule has 0 bridgehead atoms. The van der Waals surface area contributed by atoms with Gasteiger partial charge in [-0.3, -0.25) is 9.78 Å². The first-order valence-electron chi connectivity index (χ1n) is 3.77. The molecule has 2 rings (SSSR count). The molecule has 68 valence electrons. The van der Waals surface area contributed by atoms with E-state index >= 15 is 0 Å². The summed E-state index contributed by atoms with van der Waals surface area (Å²) in [6.45, 7) is 0. The highest BCUT2D eigenvalue weighted by atomic mass is 16.1. The van der Waals surface area contributed by atoms with Crippen molar-refractivity contribution in [3.05, 3.63) is 22.6 Å². The molecule has 0 atom stereocenters.